The molecule has 0 heterocycles. The van der Waals surface area contributed by atoms with E-state index in [1.54, 1.807) is 0 Å². The molecule has 1 aromatic rings. The van der Waals surface area contributed by atoms with E-state index < -0.39 is 23.6 Å². The van der Waals surface area contributed by atoms with E-state index >= 15 is 0 Å². The molecule has 0 radical (unpaired) electrons. The molecule has 4 nitrogen and oxygen atoms in total. The molecule has 1 amide bonds. The molecule has 20 heavy (non-hydrogen) atoms. The first-order valence-electron chi connectivity index (χ1n) is 6.36. The number of nitrogens with one attached hydrogen (secondary N) is 1. The molecule has 2 unspecified atom stereocenters. The number of hydrogen-bond donors (Lipinski definition) is 2. The molecule has 1 fully saturated rings. The Morgan fingerprint density at radius 2 is 2.20 bits per heavy atom. The summed E-state index contributed by atoms with van der Waals surface area (Å²) in [5.74, 6) is -2.13. The largest absolute Gasteiger partial charge is 0.481 e. The van der Waals surface area contributed by atoms with Crippen LogP contribution in [0.15, 0.2) is 18.2 Å². The van der Waals surface area contributed by atoms with Gasteiger partial charge in [-0.15, -0.1) is 0 Å². The second-order valence-electron chi connectivity index (χ2n) is 5.56. The van der Waals surface area contributed by atoms with E-state index in [2.05, 4.69) is 5.32 Å². The van der Waals surface area contributed by atoms with Crippen molar-refractivity contribution in [2.45, 2.75) is 32.4 Å². The second kappa shape index (κ2) is 5.36. The van der Waals surface area contributed by atoms with Gasteiger partial charge in [-0.1, -0.05) is 13.8 Å². The minimum absolute atomic E-state index is 0.133. The van der Waals surface area contributed by atoms with Gasteiger partial charge in [0.2, 0.25) is 0 Å². The first-order chi connectivity index (χ1) is 9.30. The van der Waals surface area contributed by atoms with E-state index in [4.69, 9.17) is 4.74 Å². The molecular formula is C14H17F2NO3. The highest BCUT2D eigenvalue weighted by molar-refractivity contribution is 5.78. The molecule has 0 bridgehead atoms. The molecule has 0 aromatic heterocycles. The highest BCUT2D eigenvalue weighted by atomic mass is 19.1. The average Bonchev–Trinajstić information content (AvgIpc) is 2.37. The predicted octanol–water partition coefficient (Wildman–Crippen LogP) is 1.62. The molecule has 2 N–H and O–H groups in total. The summed E-state index contributed by atoms with van der Waals surface area (Å²) >= 11 is 0. The average molecular weight is 285 g/mol. The molecule has 0 spiro atoms. The van der Waals surface area contributed by atoms with E-state index in [0.717, 1.165) is 12.1 Å². The molecule has 0 saturated heterocycles. The summed E-state index contributed by atoms with van der Waals surface area (Å²) in [5.41, 5.74) is -0.378. The van der Waals surface area contributed by atoms with E-state index in [1.807, 2.05) is 13.8 Å². The highest BCUT2D eigenvalue weighted by Crippen LogP contribution is 2.40. The lowest BCUT2D eigenvalue weighted by atomic mass is 9.64. The van der Waals surface area contributed by atoms with Gasteiger partial charge in [-0.3, -0.25) is 4.79 Å². The first kappa shape index (κ1) is 14.7. The minimum atomic E-state index is -0.850. The van der Waals surface area contributed by atoms with Crippen LogP contribution in [0.5, 0.6) is 5.75 Å². The van der Waals surface area contributed by atoms with Crippen LogP contribution in [0.1, 0.15) is 20.3 Å². The number of benzene rings is 1. The maximum absolute atomic E-state index is 13.3. The van der Waals surface area contributed by atoms with Gasteiger partial charge in [0.15, 0.2) is 18.2 Å². The summed E-state index contributed by atoms with van der Waals surface area (Å²) in [7, 11) is 0. The Balaban J connectivity index is 1.84. The number of aliphatic hydroxyl groups is 1. The molecule has 110 valence electrons. The van der Waals surface area contributed by atoms with Gasteiger partial charge in [0.05, 0.1) is 6.10 Å². The van der Waals surface area contributed by atoms with Crippen LogP contribution in [0.2, 0.25) is 0 Å². The Hall–Kier alpha value is -1.69. The Labute approximate surface area is 115 Å². The van der Waals surface area contributed by atoms with E-state index in [9.17, 15) is 18.7 Å². The molecule has 1 saturated carbocycles. The molecule has 1 aromatic carbocycles. The lowest BCUT2D eigenvalue weighted by Gasteiger charge is -2.49. The molecule has 2 rings (SSSR count). The third-order valence-electron chi connectivity index (χ3n) is 3.80. The standard InChI is InChI=1S/C14H17F2NO3/c1-14(2)11(6-12(14)18)17-13(19)7-20-10-4-3-8(15)5-9(10)16/h3-5,11-12,18H,6-7H2,1-2H3,(H,17,19). The van der Waals surface area contributed by atoms with Gasteiger partial charge < -0.3 is 15.2 Å². The van der Waals surface area contributed by atoms with Crippen LogP contribution in [0.3, 0.4) is 0 Å². The van der Waals surface area contributed by atoms with Gasteiger partial charge in [0.25, 0.3) is 5.91 Å². The van der Waals surface area contributed by atoms with Crippen molar-refractivity contribution in [3.63, 3.8) is 0 Å². The number of carbonyl (C=O) groups excluding carboxylic acids is 1. The maximum Gasteiger partial charge on any atom is 0.258 e. The van der Waals surface area contributed by atoms with Crippen LogP contribution in [0.4, 0.5) is 8.78 Å². The van der Waals surface area contributed by atoms with Gasteiger partial charge in [-0.25, -0.2) is 8.78 Å². The Morgan fingerprint density at radius 1 is 1.50 bits per heavy atom. The minimum Gasteiger partial charge on any atom is -0.481 e. The molecule has 0 aliphatic heterocycles. The van der Waals surface area contributed by atoms with Crippen molar-refractivity contribution in [1.29, 1.82) is 0 Å². The number of carbonyl (C=O) groups is 1. The fourth-order valence-corrected chi connectivity index (χ4v) is 2.12. The maximum atomic E-state index is 13.3. The highest BCUT2D eigenvalue weighted by Gasteiger charge is 2.47. The Morgan fingerprint density at radius 3 is 2.75 bits per heavy atom. The predicted molar refractivity (Wildman–Crippen MR) is 68.2 cm³/mol. The van der Waals surface area contributed by atoms with Crippen molar-refractivity contribution in [3.8, 4) is 5.75 Å². The zero-order chi connectivity index (χ0) is 14.9. The Kier molecular flexibility index (Phi) is 3.94. The topological polar surface area (TPSA) is 58.6 Å². The fourth-order valence-electron chi connectivity index (χ4n) is 2.12. The first-order valence-corrected chi connectivity index (χ1v) is 6.36. The van der Waals surface area contributed by atoms with Crippen LogP contribution in [0, 0.1) is 17.0 Å². The van der Waals surface area contributed by atoms with Gasteiger partial charge in [-0.2, -0.15) is 0 Å². The number of amides is 1. The SMILES string of the molecule is CC1(C)C(O)CC1NC(=O)COc1ccc(F)cc1F. The van der Waals surface area contributed by atoms with Crippen LogP contribution in [-0.4, -0.2) is 29.8 Å². The van der Waals surface area contributed by atoms with Crippen molar-refractivity contribution < 1.29 is 23.4 Å². The summed E-state index contributed by atoms with van der Waals surface area (Å²) in [5, 5.41) is 12.3. The number of rotatable bonds is 4. The fraction of sp³-hybridized carbons (Fsp3) is 0.500. The van der Waals surface area contributed by atoms with Crippen molar-refractivity contribution in [1.82, 2.24) is 5.32 Å². The summed E-state index contributed by atoms with van der Waals surface area (Å²) in [6, 6.07) is 2.75. The summed E-state index contributed by atoms with van der Waals surface area (Å²) in [6.07, 6.45) is 0.0483. The van der Waals surface area contributed by atoms with E-state index in [1.165, 1.54) is 0 Å². The van der Waals surface area contributed by atoms with Crippen LogP contribution in [-0.2, 0) is 4.79 Å². The third kappa shape index (κ3) is 2.90. The number of ether oxygens (including phenoxy) is 1. The summed E-state index contributed by atoms with van der Waals surface area (Å²) in [6.45, 7) is 3.35. The monoisotopic (exact) mass is 285 g/mol. The van der Waals surface area contributed by atoms with Crippen molar-refractivity contribution >= 4 is 5.91 Å². The molecular weight excluding hydrogens is 268 g/mol. The summed E-state index contributed by atoms with van der Waals surface area (Å²) < 4.78 is 31.0. The zero-order valence-corrected chi connectivity index (χ0v) is 11.3. The number of aliphatic hydroxyl groups excluding tert-OH is 1. The van der Waals surface area contributed by atoms with Gasteiger partial charge in [-0.05, 0) is 18.6 Å². The number of halogens is 2. The Bertz CT molecular complexity index is 519. The lowest BCUT2D eigenvalue weighted by Crippen LogP contribution is -2.61. The van der Waals surface area contributed by atoms with Crippen LogP contribution in [0.25, 0.3) is 0 Å². The van der Waals surface area contributed by atoms with Crippen LogP contribution < -0.4 is 10.1 Å². The lowest BCUT2D eigenvalue weighted by molar-refractivity contribution is -0.131. The van der Waals surface area contributed by atoms with Gasteiger partial charge in [0, 0.05) is 17.5 Å². The normalized spacial score (nSPS) is 23.9. The van der Waals surface area contributed by atoms with Crippen molar-refractivity contribution in [2.75, 3.05) is 6.61 Å². The second-order valence-corrected chi connectivity index (χ2v) is 5.56. The third-order valence-corrected chi connectivity index (χ3v) is 3.80. The number of hydrogen-bond acceptors (Lipinski definition) is 3. The molecule has 2 atom stereocenters. The van der Waals surface area contributed by atoms with Crippen molar-refractivity contribution in [2.24, 2.45) is 5.41 Å². The van der Waals surface area contributed by atoms with Crippen molar-refractivity contribution in [3.05, 3.63) is 29.8 Å². The quantitative estimate of drug-likeness (QED) is 0.884. The smallest absolute Gasteiger partial charge is 0.258 e. The molecule has 6 heteroatoms. The van der Waals surface area contributed by atoms with Crippen LogP contribution >= 0.6 is 0 Å². The van der Waals surface area contributed by atoms with E-state index in [0.29, 0.717) is 12.5 Å². The molecule has 1 aliphatic carbocycles. The zero-order valence-electron chi connectivity index (χ0n) is 11.3. The van der Waals surface area contributed by atoms with Gasteiger partial charge >= 0.3 is 0 Å². The molecule has 1 aliphatic rings. The van der Waals surface area contributed by atoms with E-state index in [-0.39, 0.29) is 23.8 Å². The van der Waals surface area contributed by atoms with Gasteiger partial charge in [0.1, 0.15) is 5.82 Å². The summed E-state index contributed by atoms with van der Waals surface area (Å²) in [4.78, 5) is 11.7.